The molecule has 6 heteroatoms. The van der Waals surface area contributed by atoms with Gasteiger partial charge in [-0.15, -0.1) is 0 Å². The zero-order valence-corrected chi connectivity index (χ0v) is 11.5. The Hall–Kier alpha value is -1.88. The molecule has 1 aliphatic carbocycles. The van der Waals surface area contributed by atoms with Gasteiger partial charge < -0.3 is 4.90 Å². The maximum absolute atomic E-state index is 12.6. The number of nitrogens with one attached hydrogen (secondary N) is 1. The van der Waals surface area contributed by atoms with Crippen molar-refractivity contribution in [3.8, 4) is 0 Å². The fourth-order valence-electron chi connectivity index (χ4n) is 3.02. The van der Waals surface area contributed by atoms with E-state index in [0.717, 1.165) is 24.9 Å². The summed E-state index contributed by atoms with van der Waals surface area (Å²) in [7, 11) is 0. The molecule has 0 unspecified atom stereocenters. The molecular formula is C14H13ClN4O. The normalized spacial score (nSPS) is 18.9. The third kappa shape index (κ3) is 1.73. The molecule has 102 valence electrons. The summed E-state index contributed by atoms with van der Waals surface area (Å²) >= 11 is 5.86. The third-order valence-electron chi connectivity index (χ3n) is 4.22. The molecule has 4 rings (SSSR count). The van der Waals surface area contributed by atoms with Crippen LogP contribution in [0.4, 0.5) is 0 Å². The van der Waals surface area contributed by atoms with Crippen LogP contribution in [0.1, 0.15) is 34.5 Å². The van der Waals surface area contributed by atoms with E-state index in [1.54, 1.807) is 18.3 Å². The van der Waals surface area contributed by atoms with E-state index in [1.165, 1.54) is 5.69 Å². The number of H-pyrrole nitrogens is 1. The molecule has 0 radical (unpaired) electrons. The van der Waals surface area contributed by atoms with Crippen molar-refractivity contribution >= 4 is 17.5 Å². The molecule has 0 atom stereocenters. The van der Waals surface area contributed by atoms with Crippen LogP contribution >= 0.6 is 11.6 Å². The molecule has 2 aromatic rings. The zero-order valence-electron chi connectivity index (χ0n) is 10.8. The zero-order chi connectivity index (χ0) is 13.7. The van der Waals surface area contributed by atoms with Gasteiger partial charge in [0.25, 0.3) is 5.91 Å². The lowest BCUT2D eigenvalue weighted by molar-refractivity contribution is 0.0708. The van der Waals surface area contributed by atoms with Crippen molar-refractivity contribution in [1.82, 2.24) is 20.1 Å². The van der Waals surface area contributed by atoms with E-state index in [1.807, 2.05) is 11.1 Å². The van der Waals surface area contributed by atoms with E-state index in [9.17, 15) is 4.79 Å². The van der Waals surface area contributed by atoms with E-state index in [-0.39, 0.29) is 11.3 Å². The highest BCUT2D eigenvalue weighted by Crippen LogP contribution is 2.51. The highest BCUT2D eigenvalue weighted by Gasteiger charge is 2.51. The Kier molecular flexibility index (Phi) is 2.41. The summed E-state index contributed by atoms with van der Waals surface area (Å²) in [6.45, 7) is 1.35. The first-order valence-corrected chi connectivity index (χ1v) is 6.99. The van der Waals surface area contributed by atoms with Crippen LogP contribution in [0, 0.1) is 0 Å². The summed E-state index contributed by atoms with van der Waals surface area (Å²) in [5, 5.41) is 7.57. The fourth-order valence-corrected chi connectivity index (χ4v) is 3.19. The molecule has 2 aliphatic rings. The lowest BCUT2D eigenvalue weighted by Crippen LogP contribution is -2.41. The van der Waals surface area contributed by atoms with Gasteiger partial charge in [0.15, 0.2) is 0 Å². The number of carbonyl (C=O) groups excluding carboxylic acids is 1. The number of nitrogens with zero attached hydrogens (tertiary/aromatic N) is 3. The second kappa shape index (κ2) is 4.06. The van der Waals surface area contributed by atoms with Crippen LogP contribution < -0.4 is 0 Å². The number of halogens is 1. The molecule has 1 aliphatic heterocycles. The number of amides is 1. The van der Waals surface area contributed by atoms with Crippen LogP contribution in [0.2, 0.25) is 5.15 Å². The fraction of sp³-hybridized carbons (Fsp3) is 0.357. The predicted octanol–water partition coefficient (Wildman–Crippen LogP) is 2.15. The van der Waals surface area contributed by atoms with Crippen molar-refractivity contribution in [1.29, 1.82) is 0 Å². The molecule has 1 fully saturated rings. The lowest BCUT2D eigenvalue weighted by atomic mass is 9.93. The summed E-state index contributed by atoms with van der Waals surface area (Å²) < 4.78 is 0. The average Bonchev–Trinajstić information content (AvgIpc) is 3.03. The molecule has 1 N–H and O–H groups in total. The number of rotatable bonds is 1. The van der Waals surface area contributed by atoms with Gasteiger partial charge in [-0.05, 0) is 25.0 Å². The van der Waals surface area contributed by atoms with Gasteiger partial charge >= 0.3 is 0 Å². The third-order valence-corrected chi connectivity index (χ3v) is 4.42. The average molecular weight is 289 g/mol. The van der Waals surface area contributed by atoms with Crippen molar-refractivity contribution in [2.45, 2.75) is 24.8 Å². The number of hydrogen-bond acceptors (Lipinski definition) is 3. The number of hydrogen-bond donors (Lipinski definition) is 1. The van der Waals surface area contributed by atoms with E-state index < -0.39 is 0 Å². The van der Waals surface area contributed by atoms with Crippen LogP contribution in [0.3, 0.4) is 0 Å². The minimum Gasteiger partial charge on any atom is -0.333 e. The van der Waals surface area contributed by atoms with Crippen LogP contribution in [0.25, 0.3) is 0 Å². The van der Waals surface area contributed by atoms with E-state index >= 15 is 0 Å². The molecule has 1 spiro atoms. The molecule has 0 bridgehead atoms. The topological polar surface area (TPSA) is 61.9 Å². The summed E-state index contributed by atoms with van der Waals surface area (Å²) in [6.07, 6.45) is 5.62. The van der Waals surface area contributed by atoms with E-state index in [4.69, 9.17) is 11.6 Å². The standard InChI is InChI=1S/C14H13ClN4O/c15-11-5-9(1-4-16-11)13(20)19-7-10-6-17-18-12(10)14(8-19)2-3-14/h1,4-6H,2-3,7-8H2,(H,17,18). The van der Waals surface area contributed by atoms with Crippen molar-refractivity contribution < 1.29 is 4.79 Å². The predicted molar refractivity (Wildman–Crippen MR) is 73.5 cm³/mol. The summed E-state index contributed by atoms with van der Waals surface area (Å²) in [5.41, 5.74) is 3.04. The molecule has 5 nitrogen and oxygen atoms in total. The van der Waals surface area contributed by atoms with Gasteiger partial charge in [-0.25, -0.2) is 4.98 Å². The second-order valence-corrected chi connectivity index (χ2v) is 5.97. The molecule has 3 heterocycles. The monoisotopic (exact) mass is 288 g/mol. The van der Waals surface area contributed by atoms with Crippen molar-refractivity contribution in [3.63, 3.8) is 0 Å². The van der Waals surface area contributed by atoms with Crippen LogP contribution in [0.5, 0.6) is 0 Å². The van der Waals surface area contributed by atoms with Gasteiger partial charge in [0.1, 0.15) is 5.15 Å². The van der Waals surface area contributed by atoms with Crippen molar-refractivity contribution in [2.24, 2.45) is 0 Å². The maximum Gasteiger partial charge on any atom is 0.254 e. The van der Waals surface area contributed by atoms with E-state index in [2.05, 4.69) is 15.2 Å². The van der Waals surface area contributed by atoms with Gasteiger partial charge in [-0.2, -0.15) is 5.10 Å². The highest BCUT2D eigenvalue weighted by atomic mass is 35.5. The number of pyridine rings is 1. The van der Waals surface area contributed by atoms with Gasteiger partial charge in [0.2, 0.25) is 0 Å². The molecular weight excluding hydrogens is 276 g/mol. The van der Waals surface area contributed by atoms with Crippen LogP contribution in [-0.4, -0.2) is 32.5 Å². The Bertz CT molecular complexity index is 692. The number of fused-ring (bicyclic) bond motifs is 2. The number of aromatic amines is 1. The molecule has 1 amide bonds. The van der Waals surface area contributed by atoms with Gasteiger partial charge in [0, 0.05) is 41.5 Å². The summed E-state index contributed by atoms with van der Waals surface area (Å²) in [5.74, 6) is 0.00688. The highest BCUT2D eigenvalue weighted by molar-refractivity contribution is 6.29. The number of carbonyl (C=O) groups is 1. The van der Waals surface area contributed by atoms with Gasteiger partial charge in [-0.1, -0.05) is 11.6 Å². The number of aromatic nitrogens is 3. The molecule has 2 aromatic heterocycles. The van der Waals surface area contributed by atoms with Gasteiger partial charge in [-0.3, -0.25) is 9.89 Å². The second-order valence-electron chi connectivity index (χ2n) is 5.58. The minimum absolute atomic E-state index is 0.00688. The van der Waals surface area contributed by atoms with Crippen molar-refractivity contribution in [2.75, 3.05) is 6.54 Å². The van der Waals surface area contributed by atoms with Gasteiger partial charge in [0.05, 0.1) is 6.20 Å². The summed E-state index contributed by atoms with van der Waals surface area (Å²) in [6, 6.07) is 3.33. The SMILES string of the molecule is O=C(c1ccnc(Cl)c1)N1Cc2cn[nH]c2C2(CC2)C1. The Balaban J connectivity index is 1.66. The lowest BCUT2D eigenvalue weighted by Gasteiger charge is -2.32. The first-order chi connectivity index (χ1) is 9.68. The Labute approximate surface area is 121 Å². The molecule has 0 aromatic carbocycles. The van der Waals surface area contributed by atoms with E-state index in [0.29, 0.717) is 17.3 Å². The van der Waals surface area contributed by atoms with Crippen LogP contribution in [-0.2, 0) is 12.0 Å². The molecule has 20 heavy (non-hydrogen) atoms. The Morgan fingerprint density at radius 1 is 1.45 bits per heavy atom. The molecule has 0 saturated heterocycles. The quantitative estimate of drug-likeness (QED) is 0.818. The first kappa shape index (κ1) is 11.9. The first-order valence-electron chi connectivity index (χ1n) is 6.62. The molecule has 1 saturated carbocycles. The largest absolute Gasteiger partial charge is 0.333 e. The summed E-state index contributed by atoms with van der Waals surface area (Å²) in [4.78, 5) is 18.4. The van der Waals surface area contributed by atoms with Crippen molar-refractivity contribution in [3.05, 3.63) is 46.5 Å². The minimum atomic E-state index is 0.00688. The smallest absolute Gasteiger partial charge is 0.254 e. The van der Waals surface area contributed by atoms with Crippen LogP contribution in [0.15, 0.2) is 24.5 Å². The maximum atomic E-state index is 12.6. The Morgan fingerprint density at radius 2 is 2.30 bits per heavy atom. The Morgan fingerprint density at radius 3 is 3.05 bits per heavy atom.